The zero-order valence-electron chi connectivity index (χ0n) is 18.1. The maximum absolute atomic E-state index is 13.0. The molecule has 2 aliphatic heterocycles. The van der Waals surface area contributed by atoms with E-state index in [0.717, 1.165) is 23.9 Å². The number of amides is 2. The van der Waals surface area contributed by atoms with Gasteiger partial charge in [0.05, 0.1) is 9.79 Å². The zero-order chi connectivity index (χ0) is 23.1. The normalized spacial score (nSPS) is 17.9. The third kappa shape index (κ3) is 4.53. The molecule has 2 aliphatic rings. The van der Waals surface area contributed by atoms with Crippen molar-refractivity contribution in [2.75, 3.05) is 30.8 Å². The molecule has 1 fully saturated rings. The second-order valence-corrected chi connectivity index (χ2v) is 12.4. The van der Waals surface area contributed by atoms with Crippen LogP contribution >= 0.6 is 0 Å². The van der Waals surface area contributed by atoms with Crippen molar-refractivity contribution >= 4 is 31.6 Å². The van der Waals surface area contributed by atoms with Crippen molar-refractivity contribution in [1.29, 1.82) is 0 Å². The molecule has 0 spiro atoms. The average molecular weight is 478 g/mol. The molecule has 32 heavy (non-hydrogen) atoms. The standard InChI is InChI=1S/C22H27N3O5S2/c1-16-6-7-21-17(14-16)8-13-25(21)22(26)23-18-9-11-24(12-10-18)32(29,30)20-5-3-4-19(15-20)31(2,27)28/h3-7,14-15,18H,8-13H2,1-2H3,(H,23,26). The van der Waals surface area contributed by atoms with Crippen LogP contribution in [0.15, 0.2) is 52.3 Å². The van der Waals surface area contributed by atoms with Gasteiger partial charge in [0.25, 0.3) is 0 Å². The summed E-state index contributed by atoms with van der Waals surface area (Å²) < 4.78 is 50.9. The Labute approximate surface area is 189 Å². The van der Waals surface area contributed by atoms with Gasteiger partial charge in [-0.25, -0.2) is 21.6 Å². The van der Waals surface area contributed by atoms with Gasteiger partial charge in [0.15, 0.2) is 9.84 Å². The van der Waals surface area contributed by atoms with Crippen LogP contribution in [0.2, 0.25) is 0 Å². The van der Waals surface area contributed by atoms with Gasteiger partial charge in [0.1, 0.15) is 0 Å². The Morgan fingerprint density at radius 3 is 2.34 bits per heavy atom. The first-order valence-corrected chi connectivity index (χ1v) is 13.9. The largest absolute Gasteiger partial charge is 0.335 e. The number of anilines is 1. The summed E-state index contributed by atoms with van der Waals surface area (Å²) in [6.07, 6.45) is 2.86. The van der Waals surface area contributed by atoms with Gasteiger partial charge in [-0.2, -0.15) is 4.31 Å². The number of hydrogen-bond donors (Lipinski definition) is 1. The summed E-state index contributed by atoms with van der Waals surface area (Å²) in [6.45, 7) is 3.18. The SMILES string of the molecule is Cc1ccc2c(c1)CCN2C(=O)NC1CCN(S(=O)(=O)c2cccc(S(C)(=O)=O)c2)CC1. The van der Waals surface area contributed by atoms with E-state index in [-0.39, 0.29) is 35.0 Å². The first-order valence-electron chi connectivity index (χ1n) is 10.5. The van der Waals surface area contributed by atoms with Crippen molar-refractivity contribution < 1.29 is 21.6 Å². The van der Waals surface area contributed by atoms with Gasteiger partial charge in [-0.05, 0) is 56.0 Å². The molecule has 4 rings (SSSR count). The number of urea groups is 1. The number of nitrogens with zero attached hydrogens (tertiary/aromatic N) is 2. The minimum absolute atomic E-state index is 0.0261. The van der Waals surface area contributed by atoms with Crippen LogP contribution in [0.5, 0.6) is 0 Å². The van der Waals surface area contributed by atoms with Crippen molar-refractivity contribution in [3.05, 3.63) is 53.6 Å². The van der Waals surface area contributed by atoms with Gasteiger partial charge in [0.2, 0.25) is 10.0 Å². The molecule has 0 bridgehead atoms. The third-order valence-electron chi connectivity index (χ3n) is 6.03. The molecule has 0 aromatic heterocycles. The summed E-state index contributed by atoms with van der Waals surface area (Å²) in [4.78, 5) is 14.5. The first-order chi connectivity index (χ1) is 15.1. The summed E-state index contributed by atoms with van der Waals surface area (Å²) in [5, 5.41) is 3.04. The quantitative estimate of drug-likeness (QED) is 0.728. The van der Waals surface area contributed by atoms with Crippen LogP contribution in [0.1, 0.15) is 24.0 Å². The zero-order valence-corrected chi connectivity index (χ0v) is 19.7. The average Bonchev–Trinajstić information content (AvgIpc) is 3.17. The highest BCUT2D eigenvalue weighted by molar-refractivity contribution is 7.91. The molecule has 1 saturated heterocycles. The molecule has 0 unspecified atom stereocenters. The van der Waals surface area contributed by atoms with Crippen LogP contribution in [0.25, 0.3) is 0 Å². The number of aryl methyl sites for hydroxylation is 1. The molecule has 0 atom stereocenters. The topological polar surface area (TPSA) is 104 Å². The lowest BCUT2D eigenvalue weighted by Gasteiger charge is -2.32. The van der Waals surface area contributed by atoms with Crippen molar-refractivity contribution in [2.45, 2.75) is 42.0 Å². The van der Waals surface area contributed by atoms with Crippen molar-refractivity contribution in [3.63, 3.8) is 0 Å². The van der Waals surface area contributed by atoms with Crippen LogP contribution < -0.4 is 10.2 Å². The second kappa shape index (κ2) is 8.49. The van der Waals surface area contributed by atoms with Gasteiger partial charge in [0, 0.05) is 37.6 Å². The van der Waals surface area contributed by atoms with Crippen molar-refractivity contribution in [3.8, 4) is 0 Å². The Bertz CT molecular complexity index is 1250. The lowest BCUT2D eigenvalue weighted by Crippen LogP contribution is -2.50. The van der Waals surface area contributed by atoms with E-state index >= 15 is 0 Å². The number of carbonyl (C=O) groups excluding carboxylic acids is 1. The van der Waals surface area contributed by atoms with Gasteiger partial charge in [-0.3, -0.25) is 4.90 Å². The fourth-order valence-corrected chi connectivity index (χ4v) is 6.51. The van der Waals surface area contributed by atoms with Gasteiger partial charge in [-0.1, -0.05) is 23.8 Å². The molecule has 172 valence electrons. The maximum Gasteiger partial charge on any atom is 0.322 e. The summed E-state index contributed by atoms with van der Waals surface area (Å²) in [5.74, 6) is 0. The van der Waals surface area contributed by atoms with E-state index in [1.165, 1.54) is 34.1 Å². The van der Waals surface area contributed by atoms with Crippen LogP contribution in [0.3, 0.4) is 0 Å². The predicted molar refractivity (Wildman–Crippen MR) is 122 cm³/mol. The lowest BCUT2D eigenvalue weighted by molar-refractivity contribution is 0.233. The second-order valence-electron chi connectivity index (χ2n) is 8.41. The monoisotopic (exact) mass is 477 g/mol. The number of benzene rings is 2. The molecule has 2 aromatic rings. The van der Waals surface area contributed by atoms with Crippen LogP contribution in [-0.4, -0.2) is 59.1 Å². The third-order valence-corrected chi connectivity index (χ3v) is 9.03. The molecule has 0 aliphatic carbocycles. The van der Waals surface area contributed by atoms with Crippen molar-refractivity contribution in [2.24, 2.45) is 0 Å². The molecule has 2 amide bonds. The fourth-order valence-electron chi connectivity index (χ4n) is 4.25. The van der Waals surface area contributed by atoms with Crippen LogP contribution in [-0.2, 0) is 26.3 Å². The molecule has 2 aromatic carbocycles. The Balaban J connectivity index is 1.39. The van der Waals surface area contributed by atoms with E-state index in [0.29, 0.717) is 19.4 Å². The van der Waals surface area contributed by atoms with E-state index in [9.17, 15) is 21.6 Å². The summed E-state index contributed by atoms with van der Waals surface area (Å²) >= 11 is 0. The Morgan fingerprint density at radius 2 is 1.66 bits per heavy atom. The highest BCUT2D eigenvalue weighted by Crippen LogP contribution is 2.29. The number of sulfonamides is 1. The molecular weight excluding hydrogens is 450 g/mol. The Morgan fingerprint density at radius 1 is 0.969 bits per heavy atom. The molecular formula is C22H27N3O5S2. The van der Waals surface area contributed by atoms with Crippen LogP contribution in [0, 0.1) is 6.92 Å². The Hall–Kier alpha value is -2.43. The van der Waals surface area contributed by atoms with Gasteiger partial charge < -0.3 is 5.32 Å². The van der Waals surface area contributed by atoms with E-state index in [4.69, 9.17) is 0 Å². The minimum atomic E-state index is -3.81. The highest BCUT2D eigenvalue weighted by atomic mass is 32.2. The summed E-state index contributed by atoms with van der Waals surface area (Å²) in [6, 6.07) is 11.2. The van der Waals surface area contributed by atoms with Crippen LogP contribution in [0.4, 0.5) is 10.5 Å². The smallest absolute Gasteiger partial charge is 0.322 e. The predicted octanol–water partition coefficient (Wildman–Crippen LogP) is 2.32. The number of sulfone groups is 1. The van der Waals surface area contributed by atoms with E-state index < -0.39 is 19.9 Å². The van der Waals surface area contributed by atoms with Crippen molar-refractivity contribution in [1.82, 2.24) is 9.62 Å². The molecule has 0 saturated carbocycles. The molecule has 8 nitrogen and oxygen atoms in total. The Kier molecular flexibility index (Phi) is 6.04. The minimum Gasteiger partial charge on any atom is -0.335 e. The maximum atomic E-state index is 13.0. The molecule has 1 N–H and O–H groups in total. The highest BCUT2D eigenvalue weighted by Gasteiger charge is 2.32. The van der Waals surface area contributed by atoms with Gasteiger partial charge in [-0.15, -0.1) is 0 Å². The van der Waals surface area contributed by atoms with Gasteiger partial charge >= 0.3 is 6.03 Å². The number of hydrogen-bond acceptors (Lipinski definition) is 5. The lowest BCUT2D eigenvalue weighted by atomic mass is 10.1. The number of fused-ring (bicyclic) bond motifs is 1. The number of nitrogens with one attached hydrogen (secondary N) is 1. The molecule has 0 radical (unpaired) electrons. The number of piperidine rings is 1. The fraction of sp³-hybridized carbons (Fsp3) is 0.409. The molecule has 2 heterocycles. The summed E-state index contributed by atoms with van der Waals surface area (Å²) in [5.41, 5.74) is 3.26. The van der Waals surface area contributed by atoms with E-state index in [1.54, 1.807) is 4.90 Å². The first kappa shape index (κ1) is 22.8. The number of rotatable bonds is 4. The number of carbonyl (C=O) groups is 1. The summed E-state index contributed by atoms with van der Waals surface area (Å²) in [7, 11) is -7.32. The van der Waals surface area contributed by atoms with E-state index in [1.807, 2.05) is 19.1 Å². The molecule has 10 heteroatoms. The van der Waals surface area contributed by atoms with E-state index in [2.05, 4.69) is 11.4 Å².